The quantitative estimate of drug-likeness (QED) is 0.507. The third kappa shape index (κ3) is 1.07. The Morgan fingerprint density at radius 3 is 2.90 bits per heavy atom. The molecule has 10 heavy (non-hydrogen) atoms. The van der Waals surface area contributed by atoms with Gasteiger partial charge >= 0.3 is 12.1 Å². The van der Waals surface area contributed by atoms with Crippen LogP contribution in [-0.4, -0.2) is 28.7 Å². The van der Waals surface area contributed by atoms with Gasteiger partial charge in [-0.25, -0.2) is 14.5 Å². The monoisotopic (exact) mass is 142 g/mol. The number of rotatable bonds is 0. The Hall–Kier alpha value is -1.52. The van der Waals surface area contributed by atoms with Crippen molar-refractivity contribution in [3.8, 4) is 0 Å². The van der Waals surface area contributed by atoms with Gasteiger partial charge in [0.1, 0.15) is 0 Å². The first-order chi connectivity index (χ1) is 4.72. The number of hydrogen-bond acceptors (Lipinski definition) is 2. The van der Waals surface area contributed by atoms with Gasteiger partial charge in [-0.3, -0.25) is 0 Å². The molecule has 2 N–H and O–H groups in total. The fraction of sp³-hybridized carbons (Fsp3) is 0.200. The molecule has 0 bridgehead atoms. The van der Waals surface area contributed by atoms with Gasteiger partial charge in [0, 0.05) is 12.7 Å². The summed E-state index contributed by atoms with van der Waals surface area (Å²) in [5.74, 6) is 0. The van der Waals surface area contributed by atoms with E-state index < -0.39 is 12.1 Å². The van der Waals surface area contributed by atoms with Crippen molar-refractivity contribution in [2.75, 3.05) is 6.54 Å². The van der Waals surface area contributed by atoms with E-state index in [2.05, 4.69) is 5.32 Å². The Labute approximate surface area is 56.9 Å². The summed E-state index contributed by atoms with van der Waals surface area (Å²) < 4.78 is 0. The molecule has 0 saturated carbocycles. The van der Waals surface area contributed by atoms with Gasteiger partial charge in [0.15, 0.2) is 0 Å². The molecule has 0 saturated heterocycles. The molecule has 0 unspecified atom stereocenters. The fourth-order valence-electron chi connectivity index (χ4n) is 0.608. The maximum Gasteiger partial charge on any atom is 0.419 e. The van der Waals surface area contributed by atoms with Crippen LogP contribution in [0.1, 0.15) is 0 Å². The second kappa shape index (κ2) is 2.38. The molecule has 5 nitrogen and oxygen atoms in total. The summed E-state index contributed by atoms with van der Waals surface area (Å²) in [6.07, 6.45) is 1.50. The highest BCUT2D eigenvalue weighted by atomic mass is 16.4. The highest BCUT2D eigenvalue weighted by Crippen LogP contribution is 1.96. The standard InChI is InChI=1S/C5H6N2O3/c8-4-6-2-1-3-7(4)5(9)10/h1,3H,2H2,(H,6,8)(H,9,10). The minimum atomic E-state index is -1.27. The molecule has 0 fully saturated rings. The van der Waals surface area contributed by atoms with E-state index in [0.29, 0.717) is 11.4 Å². The number of urea groups is 1. The predicted molar refractivity (Wildman–Crippen MR) is 32.4 cm³/mol. The summed E-state index contributed by atoms with van der Waals surface area (Å²) in [5.41, 5.74) is 0. The summed E-state index contributed by atoms with van der Waals surface area (Å²) in [4.78, 5) is 21.4. The average Bonchev–Trinajstić information content (AvgIpc) is 1.88. The molecule has 1 aliphatic heterocycles. The molecule has 0 spiro atoms. The summed E-state index contributed by atoms with van der Waals surface area (Å²) in [7, 11) is 0. The van der Waals surface area contributed by atoms with Gasteiger partial charge in [0.25, 0.3) is 0 Å². The van der Waals surface area contributed by atoms with E-state index in [0.717, 1.165) is 0 Å². The van der Waals surface area contributed by atoms with Crippen molar-refractivity contribution in [3.05, 3.63) is 12.3 Å². The maximum absolute atomic E-state index is 10.6. The number of carbonyl (C=O) groups excluding carboxylic acids is 1. The summed E-state index contributed by atoms with van der Waals surface area (Å²) >= 11 is 0. The van der Waals surface area contributed by atoms with E-state index in [1.54, 1.807) is 6.08 Å². The van der Waals surface area contributed by atoms with Crippen LogP contribution in [0.25, 0.3) is 0 Å². The molecule has 1 aliphatic rings. The van der Waals surface area contributed by atoms with Crippen molar-refractivity contribution in [1.82, 2.24) is 10.2 Å². The van der Waals surface area contributed by atoms with Gasteiger partial charge in [-0.1, -0.05) is 0 Å². The smallest absolute Gasteiger partial charge is 0.419 e. The zero-order valence-corrected chi connectivity index (χ0v) is 5.07. The zero-order valence-electron chi connectivity index (χ0n) is 5.07. The lowest BCUT2D eigenvalue weighted by Crippen LogP contribution is -2.42. The molecule has 0 aliphatic carbocycles. The van der Waals surface area contributed by atoms with Crippen molar-refractivity contribution in [2.45, 2.75) is 0 Å². The van der Waals surface area contributed by atoms with E-state index in [1.807, 2.05) is 0 Å². The van der Waals surface area contributed by atoms with Crippen LogP contribution in [0.2, 0.25) is 0 Å². The molecule has 0 aromatic rings. The number of hydrogen-bond donors (Lipinski definition) is 2. The van der Waals surface area contributed by atoms with Crippen LogP contribution in [0.15, 0.2) is 12.3 Å². The van der Waals surface area contributed by atoms with E-state index in [9.17, 15) is 9.59 Å². The van der Waals surface area contributed by atoms with Crippen molar-refractivity contribution >= 4 is 12.1 Å². The molecule has 0 atom stereocenters. The molecule has 1 heterocycles. The molecular formula is C5H6N2O3. The van der Waals surface area contributed by atoms with E-state index in [1.165, 1.54) is 6.20 Å². The topological polar surface area (TPSA) is 69.6 Å². The Bertz CT molecular complexity index is 199. The first-order valence-electron chi connectivity index (χ1n) is 2.68. The highest BCUT2D eigenvalue weighted by Gasteiger charge is 2.18. The van der Waals surface area contributed by atoms with E-state index in [-0.39, 0.29) is 0 Å². The largest absolute Gasteiger partial charge is 0.464 e. The van der Waals surface area contributed by atoms with Gasteiger partial charge < -0.3 is 10.4 Å². The predicted octanol–water partition coefficient (Wildman–Crippen LogP) is 0.203. The summed E-state index contributed by atoms with van der Waals surface area (Å²) in [6, 6.07) is -0.602. The van der Waals surface area contributed by atoms with Crippen molar-refractivity contribution in [2.24, 2.45) is 0 Å². The molecule has 3 amide bonds. The van der Waals surface area contributed by atoms with Crippen LogP contribution in [0, 0.1) is 0 Å². The normalized spacial score (nSPS) is 16.8. The molecule has 0 aromatic heterocycles. The van der Waals surface area contributed by atoms with Gasteiger partial charge in [-0.05, 0) is 6.08 Å². The van der Waals surface area contributed by atoms with Gasteiger partial charge in [0.05, 0.1) is 0 Å². The lowest BCUT2D eigenvalue weighted by Gasteiger charge is -2.16. The van der Waals surface area contributed by atoms with Crippen LogP contribution in [0.3, 0.4) is 0 Å². The molecule has 5 heteroatoms. The lowest BCUT2D eigenvalue weighted by molar-refractivity contribution is 0.161. The first-order valence-corrected chi connectivity index (χ1v) is 2.68. The Kier molecular flexibility index (Phi) is 1.57. The average molecular weight is 142 g/mol. The minimum absolute atomic E-state index is 0.391. The lowest BCUT2D eigenvalue weighted by atomic mass is 10.5. The second-order valence-electron chi connectivity index (χ2n) is 1.72. The zero-order chi connectivity index (χ0) is 7.56. The maximum atomic E-state index is 10.6. The number of nitrogens with zero attached hydrogens (tertiary/aromatic N) is 1. The number of nitrogens with one attached hydrogen (secondary N) is 1. The van der Waals surface area contributed by atoms with Crippen molar-refractivity contribution in [1.29, 1.82) is 0 Å². The minimum Gasteiger partial charge on any atom is -0.464 e. The summed E-state index contributed by atoms with van der Waals surface area (Å²) in [5, 5.41) is 10.7. The van der Waals surface area contributed by atoms with Crippen LogP contribution >= 0.6 is 0 Å². The van der Waals surface area contributed by atoms with Gasteiger partial charge in [0.2, 0.25) is 0 Å². The highest BCUT2D eigenvalue weighted by molar-refractivity contribution is 5.91. The Morgan fingerprint density at radius 1 is 1.80 bits per heavy atom. The van der Waals surface area contributed by atoms with Crippen molar-refractivity contribution in [3.63, 3.8) is 0 Å². The molecule has 0 radical (unpaired) electrons. The second-order valence-corrected chi connectivity index (χ2v) is 1.72. The Balaban J connectivity index is 2.73. The van der Waals surface area contributed by atoms with Crippen LogP contribution in [-0.2, 0) is 0 Å². The van der Waals surface area contributed by atoms with Crippen molar-refractivity contribution < 1.29 is 14.7 Å². The SMILES string of the molecule is O=C(O)N1C=CCNC1=O. The molecule has 1 rings (SSSR count). The van der Waals surface area contributed by atoms with E-state index >= 15 is 0 Å². The fourth-order valence-corrected chi connectivity index (χ4v) is 0.608. The first kappa shape index (κ1) is 6.60. The van der Waals surface area contributed by atoms with E-state index in [4.69, 9.17) is 5.11 Å². The van der Waals surface area contributed by atoms with Crippen LogP contribution < -0.4 is 5.32 Å². The molecule has 54 valence electrons. The third-order valence-electron chi connectivity index (χ3n) is 1.05. The van der Waals surface area contributed by atoms with Crippen LogP contribution in [0.5, 0.6) is 0 Å². The number of imide groups is 1. The Morgan fingerprint density at radius 2 is 2.50 bits per heavy atom. The molecule has 0 aromatic carbocycles. The summed E-state index contributed by atoms with van der Waals surface area (Å²) in [6.45, 7) is 0.391. The number of carbonyl (C=O) groups is 2. The molecular weight excluding hydrogens is 136 g/mol. The van der Waals surface area contributed by atoms with Gasteiger partial charge in [-0.15, -0.1) is 0 Å². The van der Waals surface area contributed by atoms with Crippen LogP contribution in [0.4, 0.5) is 9.59 Å². The number of amides is 3. The third-order valence-corrected chi connectivity index (χ3v) is 1.05. The number of carboxylic acid groups (broad SMARTS) is 1. The van der Waals surface area contributed by atoms with Gasteiger partial charge in [-0.2, -0.15) is 0 Å².